The second-order valence-electron chi connectivity index (χ2n) is 6.32. The molecule has 2 rings (SSSR count). The second-order valence-corrected chi connectivity index (χ2v) is 6.32. The first kappa shape index (κ1) is 18.7. The number of nitrogens with one attached hydrogen (secondary N) is 3. The lowest BCUT2D eigenvalue weighted by molar-refractivity contribution is -0.129. The van der Waals surface area contributed by atoms with E-state index < -0.39 is 5.92 Å². The highest BCUT2D eigenvalue weighted by Gasteiger charge is 2.23. The molecule has 2 amide bonds. The van der Waals surface area contributed by atoms with Crippen LogP contribution in [0.3, 0.4) is 0 Å². The molecule has 0 saturated heterocycles. The SMILES string of the molecule is CN/C=C\NC(=O)[C@H](C)CC(=O)N[C@@H]1CCCc2cc(C=O)ccc21. The van der Waals surface area contributed by atoms with E-state index >= 15 is 0 Å². The predicted molar refractivity (Wildman–Crippen MR) is 95.8 cm³/mol. The van der Waals surface area contributed by atoms with Gasteiger partial charge in [-0.15, -0.1) is 0 Å². The first-order valence-electron chi connectivity index (χ1n) is 8.55. The van der Waals surface area contributed by atoms with Gasteiger partial charge in [0.25, 0.3) is 0 Å². The Bertz CT molecular complexity index is 670. The van der Waals surface area contributed by atoms with Crippen LogP contribution in [0.15, 0.2) is 30.6 Å². The molecule has 0 fully saturated rings. The van der Waals surface area contributed by atoms with Gasteiger partial charge in [-0.1, -0.05) is 19.1 Å². The molecule has 0 radical (unpaired) electrons. The topological polar surface area (TPSA) is 87.3 Å². The average molecular weight is 343 g/mol. The lowest BCUT2D eigenvalue weighted by Crippen LogP contribution is -2.34. The Morgan fingerprint density at radius 1 is 1.32 bits per heavy atom. The molecule has 25 heavy (non-hydrogen) atoms. The van der Waals surface area contributed by atoms with Gasteiger partial charge in [0.1, 0.15) is 6.29 Å². The smallest absolute Gasteiger partial charge is 0.227 e. The van der Waals surface area contributed by atoms with Gasteiger partial charge in [-0.3, -0.25) is 14.4 Å². The lowest BCUT2D eigenvalue weighted by Gasteiger charge is -2.27. The van der Waals surface area contributed by atoms with Crippen molar-refractivity contribution in [2.75, 3.05) is 7.05 Å². The standard InChI is InChI=1S/C19H25N3O3/c1-13(19(25)21-9-8-20-2)10-18(24)22-17-5-3-4-15-11-14(12-23)6-7-16(15)17/h6-9,11-13,17,20H,3-5,10H2,1-2H3,(H,21,25)(H,22,24)/b9-8-/t13-,17-/m1/s1. The number of carbonyl (C=O) groups is 3. The number of carbonyl (C=O) groups excluding carboxylic acids is 3. The normalized spacial score (nSPS) is 17.4. The van der Waals surface area contributed by atoms with Crippen molar-refractivity contribution in [1.82, 2.24) is 16.0 Å². The minimum Gasteiger partial charge on any atom is -0.393 e. The van der Waals surface area contributed by atoms with Crippen molar-refractivity contribution in [3.8, 4) is 0 Å². The van der Waals surface area contributed by atoms with Crippen molar-refractivity contribution >= 4 is 18.1 Å². The van der Waals surface area contributed by atoms with Gasteiger partial charge in [-0.25, -0.2) is 0 Å². The number of hydrogen-bond donors (Lipinski definition) is 3. The van der Waals surface area contributed by atoms with Crippen LogP contribution in [-0.4, -0.2) is 25.1 Å². The highest BCUT2D eigenvalue weighted by atomic mass is 16.2. The summed E-state index contributed by atoms with van der Waals surface area (Å²) in [5, 5.41) is 8.43. The first-order chi connectivity index (χ1) is 12.0. The second kappa shape index (κ2) is 9.01. The third-order valence-electron chi connectivity index (χ3n) is 4.37. The van der Waals surface area contributed by atoms with Crippen molar-refractivity contribution in [3.05, 3.63) is 47.3 Å². The molecule has 1 aromatic carbocycles. The number of fused-ring (bicyclic) bond motifs is 1. The number of amides is 2. The fraction of sp³-hybridized carbons (Fsp3) is 0.421. The van der Waals surface area contributed by atoms with E-state index in [-0.39, 0.29) is 24.3 Å². The van der Waals surface area contributed by atoms with Crippen molar-refractivity contribution in [2.45, 2.75) is 38.6 Å². The predicted octanol–water partition coefficient (Wildman–Crippen LogP) is 1.83. The number of aldehydes is 1. The van der Waals surface area contributed by atoms with Crippen LogP contribution < -0.4 is 16.0 Å². The molecule has 0 saturated carbocycles. The van der Waals surface area contributed by atoms with E-state index in [1.165, 1.54) is 6.20 Å². The van der Waals surface area contributed by atoms with Gasteiger partial charge in [-0.2, -0.15) is 0 Å². The van der Waals surface area contributed by atoms with E-state index in [0.29, 0.717) is 5.56 Å². The Balaban J connectivity index is 1.94. The molecular weight excluding hydrogens is 318 g/mol. The van der Waals surface area contributed by atoms with Crippen LogP contribution in [0.5, 0.6) is 0 Å². The Morgan fingerprint density at radius 3 is 2.84 bits per heavy atom. The monoisotopic (exact) mass is 343 g/mol. The molecule has 0 bridgehead atoms. The molecule has 0 heterocycles. The summed E-state index contributed by atoms with van der Waals surface area (Å²) in [6.45, 7) is 1.73. The molecule has 0 unspecified atom stereocenters. The van der Waals surface area contributed by atoms with Crippen molar-refractivity contribution in [1.29, 1.82) is 0 Å². The van der Waals surface area contributed by atoms with Crippen LogP contribution in [0.4, 0.5) is 0 Å². The highest BCUT2D eigenvalue weighted by molar-refractivity contribution is 5.86. The maximum absolute atomic E-state index is 12.3. The van der Waals surface area contributed by atoms with Gasteiger partial charge in [0.05, 0.1) is 6.04 Å². The molecule has 1 aromatic rings. The van der Waals surface area contributed by atoms with E-state index in [2.05, 4.69) is 16.0 Å². The van der Waals surface area contributed by atoms with E-state index in [9.17, 15) is 14.4 Å². The van der Waals surface area contributed by atoms with Crippen LogP contribution in [0.25, 0.3) is 0 Å². The van der Waals surface area contributed by atoms with Gasteiger partial charge in [0.2, 0.25) is 11.8 Å². The minimum absolute atomic E-state index is 0.0589. The van der Waals surface area contributed by atoms with E-state index in [1.807, 2.05) is 12.1 Å². The molecule has 6 nitrogen and oxygen atoms in total. The van der Waals surface area contributed by atoms with Crippen LogP contribution in [0.2, 0.25) is 0 Å². The summed E-state index contributed by atoms with van der Waals surface area (Å²) in [6, 6.07) is 5.53. The molecule has 0 aliphatic heterocycles. The zero-order chi connectivity index (χ0) is 18.2. The van der Waals surface area contributed by atoms with Gasteiger partial charge >= 0.3 is 0 Å². The van der Waals surface area contributed by atoms with E-state index in [0.717, 1.165) is 36.7 Å². The molecule has 0 spiro atoms. The molecule has 134 valence electrons. The number of aryl methyl sites for hydroxylation is 1. The van der Waals surface area contributed by atoms with E-state index in [4.69, 9.17) is 0 Å². The summed E-state index contributed by atoms with van der Waals surface area (Å²) in [4.78, 5) is 35.1. The van der Waals surface area contributed by atoms with Crippen LogP contribution in [-0.2, 0) is 16.0 Å². The van der Waals surface area contributed by atoms with Gasteiger partial charge in [0, 0.05) is 37.3 Å². The Labute approximate surface area is 148 Å². The summed E-state index contributed by atoms with van der Waals surface area (Å²) in [5.41, 5.74) is 2.84. The quantitative estimate of drug-likeness (QED) is 0.659. The third kappa shape index (κ3) is 5.17. The fourth-order valence-electron chi connectivity index (χ4n) is 3.03. The van der Waals surface area contributed by atoms with E-state index in [1.54, 1.807) is 26.2 Å². The largest absolute Gasteiger partial charge is 0.393 e. The number of benzene rings is 1. The lowest BCUT2D eigenvalue weighted by atomic mass is 9.86. The highest BCUT2D eigenvalue weighted by Crippen LogP contribution is 2.30. The summed E-state index contributed by atoms with van der Waals surface area (Å²) in [7, 11) is 1.74. The molecule has 1 aliphatic carbocycles. The van der Waals surface area contributed by atoms with Crippen LogP contribution >= 0.6 is 0 Å². The summed E-state index contributed by atoms with van der Waals surface area (Å²) in [6.07, 6.45) is 6.84. The molecular formula is C19H25N3O3. The number of rotatable bonds is 7. The summed E-state index contributed by atoms with van der Waals surface area (Å²) >= 11 is 0. The maximum atomic E-state index is 12.3. The Morgan fingerprint density at radius 2 is 2.12 bits per heavy atom. The molecule has 3 N–H and O–H groups in total. The van der Waals surface area contributed by atoms with Crippen LogP contribution in [0.1, 0.15) is 53.7 Å². The molecule has 2 atom stereocenters. The minimum atomic E-state index is -0.415. The number of hydrogen-bond acceptors (Lipinski definition) is 4. The summed E-state index contributed by atoms with van der Waals surface area (Å²) < 4.78 is 0. The fourth-order valence-corrected chi connectivity index (χ4v) is 3.03. The molecule has 6 heteroatoms. The summed E-state index contributed by atoms with van der Waals surface area (Å²) in [5.74, 6) is -0.749. The maximum Gasteiger partial charge on any atom is 0.227 e. The zero-order valence-electron chi connectivity index (χ0n) is 14.7. The van der Waals surface area contributed by atoms with Gasteiger partial charge in [0.15, 0.2) is 0 Å². The van der Waals surface area contributed by atoms with Crippen molar-refractivity contribution < 1.29 is 14.4 Å². The Kier molecular flexibility index (Phi) is 6.74. The van der Waals surface area contributed by atoms with Crippen molar-refractivity contribution in [3.63, 3.8) is 0 Å². The zero-order valence-corrected chi connectivity index (χ0v) is 14.7. The third-order valence-corrected chi connectivity index (χ3v) is 4.37. The molecule has 0 aromatic heterocycles. The Hall–Kier alpha value is -2.63. The van der Waals surface area contributed by atoms with Crippen LogP contribution in [0, 0.1) is 5.92 Å². The first-order valence-corrected chi connectivity index (χ1v) is 8.55. The molecule has 1 aliphatic rings. The van der Waals surface area contributed by atoms with Gasteiger partial charge in [-0.05, 0) is 36.5 Å². The van der Waals surface area contributed by atoms with Crippen molar-refractivity contribution in [2.24, 2.45) is 5.92 Å². The average Bonchev–Trinajstić information content (AvgIpc) is 2.61. The van der Waals surface area contributed by atoms with Gasteiger partial charge < -0.3 is 16.0 Å².